The number of hydrogen-bond acceptors (Lipinski definition) is 7. The largest absolute Gasteiger partial charge is 0.427 e. The van der Waals surface area contributed by atoms with Gasteiger partial charge in [0.25, 0.3) is 5.91 Å². The monoisotopic (exact) mass is 562 g/mol. The number of nitrogens with zero attached hydrogens (tertiary/aromatic N) is 4. The standard InChI is InChI=1S/C26H22F4N4O4S/c1-14(26(28,29)30)33(12-16-3-6-19(27)7-4-16)21(35)13-34-23(36)25(38-24(34)37)10-9-17-11-18(5-8-20(17)25)22-32-31-15(2)39-22/h3-8,11,14H,9-10,12-13H2,1-2H3/t14-,25+/m0/s1. The molecule has 1 aromatic heterocycles. The Balaban J connectivity index is 1.39. The Labute approximate surface area is 224 Å². The van der Waals surface area contributed by atoms with Gasteiger partial charge in [-0.2, -0.15) is 13.2 Å². The van der Waals surface area contributed by atoms with Gasteiger partial charge in [0.1, 0.15) is 28.4 Å². The highest BCUT2D eigenvalue weighted by atomic mass is 32.1. The third-order valence-electron chi connectivity index (χ3n) is 6.95. The molecule has 39 heavy (non-hydrogen) atoms. The minimum Gasteiger partial charge on any atom is -0.427 e. The Morgan fingerprint density at radius 3 is 2.54 bits per heavy atom. The first kappa shape index (κ1) is 26.7. The molecule has 2 atom stereocenters. The molecule has 2 aliphatic rings. The van der Waals surface area contributed by atoms with E-state index in [0.29, 0.717) is 26.8 Å². The summed E-state index contributed by atoms with van der Waals surface area (Å²) in [4.78, 5) is 40.5. The van der Waals surface area contributed by atoms with E-state index >= 15 is 0 Å². The Hall–Kier alpha value is -3.87. The van der Waals surface area contributed by atoms with Gasteiger partial charge < -0.3 is 9.64 Å². The summed E-state index contributed by atoms with van der Waals surface area (Å²) >= 11 is 1.40. The Bertz CT molecular complexity index is 1460. The number of carbonyl (C=O) groups is 3. The van der Waals surface area contributed by atoms with Crippen molar-refractivity contribution in [3.8, 4) is 10.6 Å². The lowest BCUT2D eigenvalue weighted by atomic mass is 9.94. The Kier molecular flexibility index (Phi) is 6.65. The van der Waals surface area contributed by atoms with Gasteiger partial charge >= 0.3 is 12.3 Å². The summed E-state index contributed by atoms with van der Waals surface area (Å²) in [5.41, 5.74) is 0.613. The molecule has 8 nitrogen and oxygen atoms in total. The number of hydrogen-bond donors (Lipinski definition) is 0. The molecule has 3 aromatic rings. The van der Waals surface area contributed by atoms with Crippen molar-refractivity contribution in [3.05, 3.63) is 70.0 Å². The highest BCUT2D eigenvalue weighted by molar-refractivity contribution is 7.14. The number of halogens is 4. The molecule has 3 amide bonds. The molecule has 0 unspecified atom stereocenters. The lowest BCUT2D eigenvalue weighted by Gasteiger charge is -2.31. The highest BCUT2D eigenvalue weighted by Crippen LogP contribution is 2.46. The van der Waals surface area contributed by atoms with Crippen LogP contribution in [0.15, 0.2) is 42.5 Å². The molecule has 2 aromatic carbocycles. The van der Waals surface area contributed by atoms with Crippen molar-refractivity contribution in [2.45, 2.75) is 51.1 Å². The molecule has 2 heterocycles. The van der Waals surface area contributed by atoms with Gasteiger partial charge in [-0.05, 0) is 49.6 Å². The Morgan fingerprint density at radius 1 is 1.18 bits per heavy atom. The van der Waals surface area contributed by atoms with E-state index < -0.39 is 54.6 Å². The first-order valence-electron chi connectivity index (χ1n) is 12.0. The van der Waals surface area contributed by atoms with Crippen LogP contribution in [0.3, 0.4) is 0 Å². The summed E-state index contributed by atoms with van der Waals surface area (Å²) in [7, 11) is 0. The van der Waals surface area contributed by atoms with Crippen LogP contribution in [0.25, 0.3) is 10.6 Å². The topological polar surface area (TPSA) is 92.7 Å². The zero-order valence-corrected chi connectivity index (χ0v) is 21.6. The predicted octanol–water partition coefficient (Wildman–Crippen LogP) is 4.75. The molecule has 1 aliphatic heterocycles. The molecular weight excluding hydrogens is 540 g/mol. The number of imide groups is 1. The summed E-state index contributed by atoms with van der Waals surface area (Å²) in [5, 5.41) is 9.61. The van der Waals surface area contributed by atoms with Gasteiger partial charge in [-0.3, -0.25) is 9.59 Å². The third-order valence-corrected chi connectivity index (χ3v) is 7.84. The van der Waals surface area contributed by atoms with Gasteiger partial charge in [0.05, 0.1) is 0 Å². The fourth-order valence-electron chi connectivity index (χ4n) is 4.83. The minimum atomic E-state index is -4.78. The minimum absolute atomic E-state index is 0.133. The molecule has 1 aliphatic carbocycles. The third kappa shape index (κ3) is 4.86. The van der Waals surface area contributed by atoms with E-state index in [1.54, 1.807) is 12.1 Å². The van der Waals surface area contributed by atoms with Gasteiger partial charge in [-0.15, -0.1) is 10.2 Å². The van der Waals surface area contributed by atoms with Gasteiger partial charge in [0.15, 0.2) is 0 Å². The van der Waals surface area contributed by atoms with Crippen molar-refractivity contribution >= 4 is 29.2 Å². The van der Waals surface area contributed by atoms with Crippen molar-refractivity contribution < 1.29 is 36.7 Å². The number of alkyl halides is 3. The second kappa shape index (κ2) is 9.70. The lowest BCUT2D eigenvalue weighted by molar-refractivity contribution is -0.187. The number of rotatable bonds is 6. The molecular formula is C26H22F4N4O4S. The molecule has 1 fully saturated rings. The first-order chi connectivity index (χ1) is 18.4. The maximum absolute atomic E-state index is 13.6. The van der Waals surface area contributed by atoms with Crippen molar-refractivity contribution in [1.82, 2.24) is 20.0 Å². The van der Waals surface area contributed by atoms with Gasteiger partial charge in [0, 0.05) is 24.1 Å². The molecule has 5 rings (SSSR count). The van der Waals surface area contributed by atoms with Crippen LogP contribution in [0.2, 0.25) is 0 Å². The zero-order valence-electron chi connectivity index (χ0n) is 20.8. The van der Waals surface area contributed by atoms with Crippen LogP contribution >= 0.6 is 11.3 Å². The summed E-state index contributed by atoms with van der Waals surface area (Å²) in [5.74, 6) is -2.49. The van der Waals surface area contributed by atoms with Crippen molar-refractivity contribution in [3.63, 3.8) is 0 Å². The predicted molar refractivity (Wildman–Crippen MR) is 131 cm³/mol. The van der Waals surface area contributed by atoms with E-state index in [0.717, 1.165) is 35.2 Å². The number of ether oxygens (including phenoxy) is 1. The molecule has 0 radical (unpaired) electrons. The van der Waals surface area contributed by atoms with Gasteiger partial charge in [0.2, 0.25) is 11.5 Å². The van der Waals surface area contributed by atoms with Crippen LogP contribution in [0, 0.1) is 12.7 Å². The van der Waals surface area contributed by atoms with Gasteiger partial charge in [-0.1, -0.05) is 35.6 Å². The first-order valence-corrected chi connectivity index (χ1v) is 12.8. The second-order valence-corrected chi connectivity index (χ2v) is 10.6. The van der Waals surface area contributed by atoms with E-state index in [1.807, 2.05) is 13.0 Å². The average Bonchev–Trinajstić information content (AvgIpc) is 3.55. The summed E-state index contributed by atoms with van der Waals surface area (Å²) in [6, 6.07) is 7.66. The van der Waals surface area contributed by atoms with Crippen LogP contribution in [0.5, 0.6) is 0 Å². The molecule has 0 saturated carbocycles. The quantitative estimate of drug-likeness (QED) is 0.403. The average molecular weight is 563 g/mol. The van der Waals surface area contributed by atoms with E-state index in [1.165, 1.54) is 23.5 Å². The molecule has 0 bridgehead atoms. The van der Waals surface area contributed by atoms with Crippen LogP contribution in [-0.4, -0.2) is 56.7 Å². The molecule has 204 valence electrons. The number of aromatic nitrogens is 2. The lowest BCUT2D eigenvalue weighted by Crippen LogP contribution is -2.51. The number of benzene rings is 2. The van der Waals surface area contributed by atoms with Crippen LogP contribution < -0.4 is 0 Å². The highest BCUT2D eigenvalue weighted by Gasteiger charge is 2.58. The maximum Gasteiger partial charge on any atom is 0.418 e. The summed E-state index contributed by atoms with van der Waals surface area (Å²) in [6.07, 6.45) is -5.34. The van der Waals surface area contributed by atoms with Crippen LogP contribution in [0.1, 0.15) is 35.0 Å². The Morgan fingerprint density at radius 2 is 1.90 bits per heavy atom. The number of amides is 3. The number of carbonyl (C=O) groups excluding carboxylic acids is 3. The molecule has 1 spiro atoms. The fourth-order valence-corrected chi connectivity index (χ4v) is 5.52. The van der Waals surface area contributed by atoms with Crippen molar-refractivity contribution in [2.75, 3.05) is 6.54 Å². The SMILES string of the molecule is Cc1nnc(-c2ccc3c(c2)CC[C@@]32OC(=O)N(CC(=O)N(Cc3ccc(F)cc3)[C@@H](C)C(F)(F)F)C2=O)s1. The normalized spacial score (nSPS) is 19.4. The van der Waals surface area contributed by atoms with Crippen molar-refractivity contribution in [2.24, 2.45) is 0 Å². The van der Waals surface area contributed by atoms with E-state index in [-0.39, 0.29) is 12.0 Å². The van der Waals surface area contributed by atoms with E-state index in [4.69, 9.17) is 4.74 Å². The smallest absolute Gasteiger partial charge is 0.418 e. The summed E-state index contributed by atoms with van der Waals surface area (Å²) < 4.78 is 59.7. The summed E-state index contributed by atoms with van der Waals surface area (Å²) in [6.45, 7) is 1.20. The number of fused-ring (bicyclic) bond motifs is 2. The van der Waals surface area contributed by atoms with E-state index in [2.05, 4.69) is 10.2 Å². The fraction of sp³-hybridized carbons (Fsp3) is 0.346. The molecule has 0 N–H and O–H groups in total. The zero-order chi connectivity index (χ0) is 28.1. The number of aryl methyl sites for hydroxylation is 2. The second-order valence-electron chi connectivity index (χ2n) is 9.45. The molecule has 13 heteroatoms. The molecule has 1 saturated heterocycles. The van der Waals surface area contributed by atoms with Crippen molar-refractivity contribution in [1.29, 1.82) is 0 Å². The van der Waals surface area contributed by atoms with Crippen LogP contribution in [0.4, 0.5) is 22.4 Å². The van der Waals surface area contributed by atoms with Gasteiger partial charge in [-0.25, -0.2) is 14.1 Å². The van der Waals surface area contributed by atoms with Crippen LogP contribution in [-0.2, 0) is 32.9 Å². The van der Waals surface area contributed by atoms with E-state index in [9.17, 15) is 31.9 Å². The maximum atomic E-state index is 13.6.